The second-order valence-electron chi connectivity index (χ2n) is 8.59. The van der Waals surface area contributed by atoms with Gasteiger partial charge in [-0.05, 0) is 43.3 Å². The van der Waals surface area contributed by atoms with Gasteiger partial charge in [0.25, 0.3) is 0 Å². The molecule has 0 radical (unpaired) electrons. The van der Waals surface area contributed by atoms with Gasteiger partial charge in [-0.1, -0.05) is 12.1 Å². The summed E-state index contributed by atoms with van der Waals surface area (Å²) in [5, 5.41) is 7.41. The highest BCUT2D eigenvalue weighted by Gasteiger charge is 2.31. The number of alkyl halides is 3. The molecule has 1 aliphatic rings. The average molecular weight is 467 g/mol. The van der Waals surface area contributed by atoms with E-state index in [1.165, 1.54) is 6.07 Å². The molecule has 1 saturated heterocycles. The number of anilines is 1. The van der Waals surface area contributed by atoms with Gasteiger partial charge in [0.05, 0.1) is 17.5 Å². The molecule has 1 atom stereocenters. The van der Waals surface area contributed by atoms with Gasteiger partial charge in [-0.3, -0.25) is 10.00 Å². The summed E-state index contributed by atoms with van der Waals surface area (Å²) < 4.78 is 40.6. The van der Waals surface area contributed by atoms with Gasteiger partial charge in [0, 0.05) is 67.6 Å². The molecule has 1 aliphatic heterocycles. The van der Waals surface area contributed by atoms with Gasteiger partial charge in [-0.2, -0.15) is 18.3 Å². The molecule has 5 rings (SSSR count). The Morgan fingerprint density at radius 1 is 1.00 bits per heavy atom. The minimum absolute atomic E-state index is 0.120. The van der Waals surface area contributed by atoms with Crippen LogP contribution in [-0.4, -0.2) is 50.3 Å². The first-order valence-electron chi connectivity index (χ1n) is 11.2. The smallest absolute Gasteiger partial charge is 0.351 e. The summed E-state index contributed by atoms with van der Waals surface area (Å²) in [6, 6.07) is 15.0. The number of pyridine rings is 1. The number of halogens is 3. The summed E-state index contributed by atoms with van der Waals surface area (Å²) >= 11 is 0. The van der Waals surface area contributed by atoms with Crippen molar-refractivity contribution >= 4 is 5.82 Å². The minimum Gasteiger partial charge on any atom is -0.351 e. The maximum Gasteiger partial charge on any atom is 0.417 e. The second kappa shape index (κ2) is 8.98. The number of H-pyrrole nitrogens is 1. The SMILES string of the molecule is C[C@@H]1CN(Cc2cn[nH]c2-c2ccc(-n3cccc3)cc2)CCN1c1ccc(C(F)(F)F)cn1. The van der Waals surface area contributed by atoms with Crippen LogP contribution in [0.25, 0.3) is 16.9 Å². The van der Waals surface area contributed by atoms with Gasteiger partial charge in [-0.15, -0.1) is 0 Å². The lowest BCUT2D eigenvalue weighted by molar-refractivity contribution is -0.137. The lowest BCUT2D eigenvalue weighted by atomic mass is 10.1. The van der Waals surface area contributed by atoms with Gasteiger partial charge < -0.3 is 9.47 Å². The van der Waals surface area contributed by atoms with Gasteiger partial charge in [-0.25, -0.2) is 4.98 Å². The van der Waals surface area contributed by atoms with Crippen molar-refractivity contribution < 1.29 is 13.2 Å². The number of aromatic nitrogens is 4. The van der Waals surface area contributed by atoms with Crippen LogP contribution in [0.1, 0.15) is 18.1 Å². The van der Waals surface area contributed by atoms with E-state index < -0.39 is 11.7 Å². The summed E-state index contributed by atoms with van der Waals surface area (Å²) in [5.41, 5.74) is 3.55. The van der Waals surface area contributed by atoms with Crippen LogP contribution in [0.4, 0.5) is 19.0 Å². The number of nitrogens with one attached hydrogen (secondary N) is 1. The number of benzene rings is 1. The molecule has 0 unspecified atom stereocenters. The second-order valence-corrected chi connectivity index (χ2v) is 8.59. The molecule has 1 fully saturated rings. The molecule has 0 aliphatic carbocycles. The van der Waals surface area contributed by atoms with Crippen molar-refractivity contribution in [2.75, 3.05) is 24.5 Å². The molecular weight excluding hydrogens is 441 g/mol. The lowest BCUT2D eigenvalue weighted by Gasteiger charge is -2.40. The first kappa shape index (κ1) is 22.2. The van der Waals surface area contributed by atoms with E-state index >= 15 is 0 Å². The quantitative estimate of drug-likeness (QED) is 0.450. The molecule has 1 N–H and O–H groups in total. The predicted octanol–water partition coefficient (Wildman–Crippen LogP) is 4.99. The van der Waals surface area contributed by atoms with Crippen LogP contribution in [0, 0.1) is 0 Å². The van der Waals surface area contributed by atoms with E-state index in [9.17, 15) is 13.2 Å². The lowest BCUT2D eigenvalue weighted by Crippen LogP contribution is -2.51. The van der Waals surface area contributed by atoms with Crippen LogP contribution >= 0.6 is 0 Å². The normalized spacial score (nSPS) is 17.3. The third-order valence-corrected chi connectivity index (χ3v) is 6.25. The first-order valence-corrected chi connectivity index (χ1v) is 11.2. The van der Waals surface area contributed by atoms with Crippen molar-refractivity contribution in [1.29, 1.82) is 0 Å². The van der Waals surface area contributed by atoms with E-state index in [0.717, 1.165) is 54.4 Å². The topological polar surface area (TPSA) is 53.0 Å². The third kappa shape index (κ3) is 4.56. The fourth-order valence-corrected chi connectivity index (χ4v) is 4.47. The number of rotatable bonds is 5. The van der Waals surface area contributed by atoms with Gasteiger partial charge in [0.1, 0.15) is 5.82 Å². The van der Waals surface area contributed by atoms with Crippen LogP contribution in [0.15, 0.2) is 73.3 Å². The zero-order valence-corrected chi connectivity index (χ0v) is 18.7. The number of hydrogen-bond acceptors (Lipinski definition) is 4. The maximum absolute atomic E-state index is 12.8. The fourth-order valence-electron chi connectivity index (χ4n) is 4.47. The zero-order valence-electron chi connectivity index (χ0n) is 18.7. The molecule has 0 bridgehead atoms. The molecule has 4 heterocycles. The Hall–Kier alpha value is -3.59. The molecule has 3 aromatic heterocycles. The van der Waals surface area contributed by atoms with Crippen LogP contribution in [-0.2, 0) is 12.7 Å². The number of piperazine rings is 1. The van der Waals surface area contributed by atoms with Crippen LogP contribution in [0.2, 0.25) is 0 Å². The highest BCUT2D eigenvalue weighted by molar-refractivity contribution is 5.64. The molecule has 4 aromatic rings. The largest absolute Gasteiger partial charge is 0.417 e. The Morgan fingerprint density at radius 2 is 1.76 bits per heavy atom. The highest BCUT2D eigenvalue weighted by Crippen LogP contribution is 2.30. The molecule has 0 amide bonds. The van der Waals surface area contributed by atoms with Gasteiger partial charge in [0.2, 0.25) is 0 Å². The van der Waals surface area contributed by atoms with E-state index in [-0.39, 0.29) is 6.04 Å². The molecule has 0 spiro atoms. The van der Waals surface area contributed by atoms with Crippen molar-refractivity contribution in [2.24, 2.45) is 0 Å². The van der Waals surface area contributed by atoms with Crippen LogP contribution in [0.3, 0.4) is 0 Å². The summed E-state index contributed by atoms with van der Waals surface area (Å²) in [6.45, 7) is 5.06. The summed E-state index contributed by atoms with van der Waals surface area (Å²) in [4.78, 5) is 8.47. The molecule has 176 valence electrons. The highest BCUT2D eigenvalue weighted by atomic mass is 19.4. The van der Waals surface area contributed by atoms with E-state index in [1.807, 2.05) is 30.7 Å². The van der Waals surface area contributed by atoms with E-state index in [0.29, 0.717) is 12.4 Å². The Morgan fingerprint density at radius 3 is 2.41 bits per heavy atom. The molecule has 1 aromatic carbocycles. The van der Waals surface area contributed by atoms with Gasteiger partial charge >= 0.3 is 6.18 Å². The minimum atomic E-state index is -4.37. The predicted molar refractivity (Wildman–Crippen MR) is 125 cm³/mol. The third-order valence-electron chi connectivity index (χ3n) is 6.25. The maximum atomic E-state index is 12.8. The summed E-state index contributed by atoms with van der Waals surface area (Å²) in [6.07, 6.45) is 2.42. The van der Waals surface area contributed by atoms with Crippen molar-refractivity contribution in [3.8, 4) is 16.9 Å². The Labute approximate surface area is 195 Å². The number of nitrogens with zero attached hydrogens (tertiary/aromatic N) is 5. The molecule has 9 heteroatoms. The van der Waals surface area contributed by atoms with Crippen molar-refractivity contribution in [3.05, 3.63) is 84.4 Å². The van der Waals surface area contributed by atoms with Crippen LogP contribution < -0.4 is 4.90 Å². The first-order chi connectivity index (χ1) is 16.4. The molecule has 0 saturated carbocycles. The fraction of sp³-hybridized carbons (Fsp3) is 0.280. The Bertz CT molecular complexity index is 1210. The number of aromatic amines is 1. The monoisotopic (exact) mass is 466 g/mol. The molecule has 34 heavy (non-hydrogen) atoms. The van der Waals surface area contributed by atoms with E-state index in [4.69, 9.17) is 0 Å². The van der Waals surface area contributed by atoms with Crippen molar-refractivity contribution in [2.45, 2.75) is 25.7 Å². The van der Waals surface area contributed by atoms with E-state index in [2.05, 4.69) is 60.7 Å². The number of hydrogen-bond donors (Lipinski definition) is 1. The molecular formula is C25H25F3N6. The zero-order chi connectivity index (χ0) is 23.7. The van der Waals surface area contributed by atoms with Gasteiger partial charge in [0.15, 0.2) is 0 Å². The summed E-state index contributed by atoms with van der Waals surface area (Å²) in [5.74, 6) is 0.576. The summed E-state index contributed by atoms with van der Waals surface area (Å²) in [7, 11) is 0. The Balaban J connectivity index is 1.24. The Kier molecular flexibility index (Phi) is 5.87. The van der Waals surface area contributed by atoms with Crippen LogP contribution in [0.5, 0.6) is 0 Å². The van der Waals surface area contributed by atoms with Crippen molar-refractivity contribution in [3.63, 3.8) is 0 Å². The van der Waals surface area contributed by atoms with E-state index in [1.54, 1.807) is 0 Å². The van der Waals surface area contributed by atoms with Crippen molar-refractivity contribution in [1.82, 2.24) is 24.6 Å². The average Bonchev–Trinajstić information content (AvgIpc) is 3.51. The standard InChI is InChI=1S/C25H25F3N6/c1-18-16-32(12-13-34(18)23-9-6-21(15-29-23)25(26,27)28)17-20-14-30-31-24(20)19-4-7-22(8-5-19)33-10-2-3-11-33/h2-11,14-15,18H,12-13,16-17H2,1H3,(H,30,31)/t18-/m1/s1. The molecule has 6 nitrogen and oxygen atoms in total.